The van der Waals surface area contributed by atoms with Crippen LogP contribution in [0.3, 0.4) is 0 Å². The number of benzene rings is 1. The van der Waals surface area contributed by atoms with E-state index in [4.69, 9.17) is 0 Å². The number of rotatable bonds is 3. The van der Waals surface area contributed by atoms with Crippen molar-refractivity contribution in [1.82, 2.24) is 4.31 Å². The molecule has 0 N–H and O–H groups in total. The van der Waals surface area contributed by atoms with Gasteiger partial charge in [-0.05, 0) is 49.4 Å². The highest BCUT2D eigenvalue weighted by Gasteiger charge is 2.31. The van der Waals surface area contributed by atoms with Crippen molar-refractivity contribution < 1.29 is 13.2 Å². The molecular formula is C17H22N2O3S. The zero-order chi connectivity index (χ0) is 16.6. The lowest BCUT2D eigenvalue weighted by molar-refractivity contribution is -0.122. The lowest BCUT2D eigenvalue weighted by Gasteiger charge is -2.24. The van der Waals surface area contributed by atoms with E-state index in [1.54, 1.807) is 18.2 Å². The second kappa shape index (κ2) is 6.09. The zero-order valence-electron chi connectivity index (χ0n) is 13.5. The molecule has 1 amide bonds. The molecule has 1 aliphatic heterocycles. The Morgan fingerprint density at radius 1 is 1.26 bits per heavy atom. The number of hydrogen-bond acceptors (Lipinski definition) is 3. The first-order valence-corrected chi connectivity index (χ1v) is 9.37. The molecule has 124 valence electrons. The summed E-state index contributed by atoms with van der Waals surface area (Å²) in [6.07, 6.45) is 7.57. The van der Waals surface area contributed by atoms with Crippen LogP contribution in [0.1, 0.15) is 24.8 Å². The lowest BCUT2D eigenvalue weighted by atomic mass is 9.93. The number of carbonyl (C=O) groups is 1. The van der Waals surface area contributed by atoms with Gasteiger partial charge in [-0.2, -0.15) is 0 Å². The Labute approximate surface area is 137 Å². The number of carbonyl (C=O) groups excluding carboxylic acids is 1. The van der Waals surface area contributed by atoms with Crippen molar-refractivity contribution in [2.45, 2.75) is 30.6 Å². The molecule has 2 aliphatic rings. The molecule has 0 bridgehead atoms. The standard InChI is InChI=1S/C17H22N2O3S/c1-18(2)23(21,22)15-8-9-16-14(12-15)10-11-19(16)17(20)13-6-4-3-5-7-13/h3-4,8-9,12-13H,5-7,10-11H2,1-2H3/t13-/m0/s1. The molecule has 23 heavy (non-hydrogen) atoms. The Kier molecular flexibility index (Phi) is 4.29. The quantitative estimate of drug-likeness (QED) is 0.796. The van der Waals surface area contributed by atoms with E-state index in [2.05, 4.69) is 12.2 Å². The third-order valence-corrected chi connectivity index (χ3v) is 6.42. The van der Waals surface area contributed by atoms with Crippen LogP contribution in [0.25, 0.3) is 0 Å². The minimum atomic E-state index is -3.44. The van der Waals surface area contributed by atoms with Crippen LogP contribution in [0.5, 0.6) is 0 Å². The van der Waals surface area contributed by atoms with Gasteiger partial charge in [0.05, 0.1) is 4.90 Å². The van der Waals surface area contributed by atoms with Crippen LogP contribution >= 0.6 is 0 Å². The molecule has 0 saturated carbocycles. The van der Waals surface area contributed by atoms with Crippen LogP contribution in [0, 0.1) is 5.92 Å². The Morgan fingerprint density at radius 3 is 2.70 bits per heavy atom. The molecular weight excluding hydrogens is 312 g/mol. The average Bonchev–Trinajstić information content (AvgIpc) is 2.98. The molecule has 1 aromatic carbocycles. The Bertz CT molecular complexity index is 753. The molecule has 1 heterocycles. The molecule has 0 spiro atoms. The van der Waals surface area contributed by atoms with Crippen molar-refractivity contribution in [3.8, 4) is 0 Å². The van der Waals surface area contributed by atoms with Crippen molar-refractivity contribution in [2.75, 3.05) is 25.5 Å². The number of hydrogen-bond donors (Lipinski definition) is 0. The number of anilines is 1. The topological polar surface area (TPSA) is 57.7 Å². The summed E-state index contributed by atoms with van der Waals surface area (Å²) in [6, 6.07) is 5.08. The molecule has 0 aromatic heterocycles. The predicted molar refractivity (Wildman–Crippen MR) is 89.9 cm³/mol. The second-order valence-corrected chi connectivity index (χ2v) is 8.45. The van der Waals surface area contributed by atoms with E-state index in [1.807, 2.05) is 4.90 Å². The first-order valence-electron chi connectivity index (χ1n) is 7.93. The highest BCUT2D eigenvalue weighted by molar-refractivity contribution is 7.89. The van der Waals surface area contributed by atoms with E-state index in [1.165, 1.54) is 18.4 Å². The van der Waals surface area contributed by atoms with Crippen LogP contribution in [-0.4, -0.2) is 39.3 Å². The van der Waals surface area contributed by atoms with Crippen molar-refractivity contribution in [3.63, 3.8) is 0 Å². The molecule has 1 atom stereocenters. The Balaban J connectivity index is 1.87. The Morgan fingerprint density at radius 2 is 2.04 bits per heavy atom. The highest BCUT2D eigenvalue weighted by atomic mass is 32.2. The third kappa shape index (κ3) is 2.93. The lowest BCUT2D eigenvalue weighted by Crippen LogP contribution is -2.35. The van der Waals surface area contributed by atoms with Crippen LogP contribution in [-0.2, 0) is 21.2 Å². The molecule has 6 heteroatoms. The van der Waals surface area contributed by atoms with Gasteiger partial charge in [0.25, 0.3) is 0 Å². The van der Waals surface area contributed by atoms with Gasteiger partial charge >= 0.3 is 0 Å². The first kappa shape index (κ1) is 16.2. The number of fused-ring (bicyclic) bond motifs is 1. The maximum absolute atomic E-state index is 12.7. The first-order chi connectivity index (χ1) is 10.9. The van der Waals surface area contributed by atoms with Crippen LogP contribution < -0.4 is 4.90 Å². The van der Waals surface area contributed by atoms with Crippen LogP contribution in [0.2, 0.25) is 0 Å². The summed E-state index contributed by atoms with van der Waals surface area (Å²) in [5.41, 5.74) is 1.80. The number of allylic oxidation sites excluding steroid dienone is 2. The molecule has 0 fully saturated rings. The molecule has 1 aliphatic carbocycles. The average molecular weight is 334 g/mol. The van der Waals surface area contributed by atoms with E-state index in [0.29, 0.717) is 13.0 Å². The maximum Gasteiger partial charge on any atom is 0.242 e. The predicted octanol–water partition coefficient (Wildman–Crippen LogP) is 2.18. The number of sulfonamides is 1. The van der Waals surface area contributed by atoms with Crippen molar-refractivity contribution in [2.24, 2.45) is 5.92 Å². The summed E-state index contributed by atoms with van der Waals surface area (Å²) in [5.74, 6) is 0.215. The fourth-order valence-electron chi connectivity index (χ4n) is 3.22. The molecule has 0 saturated heterocycles. The van der Waals surface area contributed by atoms with Crippen molar-refractivity contribution in [3.05, 3.63) is 35.9 Å². The summed E-state index contributed by atoms with van der Waals surface area (Å²) < 4.78 is 25.7. The van der Waals surface area contributed by atoms with E-state index in [0.717, 1.165) is 30.5 Å². The van der Waals surface area contributed by atoms with Gasteiger partial charge in [-0.25, -0.2) is 12.7 Å². The monoisotopic (exact) mass is 334 g/mol. The highest BCUT2D eigenvalue weighted by Crippen LogP contribution is 2.33. The molecule has 3 rings (SSSR count). The van der Waals surface area contributed by atoms with E-state index < -0.39 is 10.0 Å². The van der Waals surface area contributed by atoms with E-state index in [-0.39, 0.29) is 16.7 Å². The maximum atomic E-state index is 12.7. The second-order valence-electron chi connectivity index (χ2n) is 6.30. The number of amides is 1. The van der Waals surface area contributed by atoms with Gasteiger partial charge < -0.3 is 4.90 Å². The molecule has 5 nitrogen and oxygen atoms in total. The third-order valence-electron chi connectivity index (χ3n) is 4.61. The van der Waals surface area contributed by atoms with Gasteiger partial charge in [0.1, 0.15) is 0 Å². The van der Waals surface area contributed by atoms with Gasteiger partial charge in [-0.15, -0.1) is 0 Å². The van der Waals surface area contributed by atoms with Crippen molar-refractivity contribution in [1.29, 1.82) is 0 Å². The summed E-state index contributed by atoms with van der Waals surface area (Å²) in [6.45, 7) is 0.639. The largest absolute Gasteiger partial charge is 0.312 e. The zero-order valence-corrected chi connectivity index (χ0v) is 14.3. The molecule has 0 unspecified atom stereocenters. The fraction of sp³-hybridized carbons (Fsp3) is 0.471. The van der Waals surface area contributed by atoms with Crippen LogP contribution in [0.4, 0.5) is 5.69 Å². The summed E-state index contributed by atoms with van der Waals surface area (Å²) in [7, 11) is -0.390. The molecule has 0 radical (unpaired) electrons. The van der Waals surface area contributed by atoms with Crippen molar-refractivity contribution >= 4 is 21.6 Å². The van der Waals surface area contributed by atoms with E-state index >= 15 is 0 Å². The van der Waals surface area contributed by atoms with Gasteiger partial charge in [0, 0.05) is 32.2 Å². The fourth-order valence-corrected chi connectivity index (χ4v) is 4.17. The smallest absolute Gasteiger partial charge is 0.242 e. The number of nitrogens with zero attached hydrogens (tertiary/aromatic N) is 2. The van der Waals surface area contributed by atoms with Gasteiger partial charge in [-0.1, -0.05) is 12.2 Å². The van der Waals surface area contributed by atoms with Crippen LogP contribution in [0.15, 0.2) is 35.2 Å². The Hall–Kier alpha value is -1.66. The minimum Gasteiger partial charge on any atom is -0.312 e. The normalized spacial score (nSPS) is 20.8. The summed E-state index contributed by atoms with van der Waals surface area (Å²) in [4.78, 5) is 14.8. The molecule has 1 aromatic rings. The van der Waals surface area contributed by atoms with Gasteiger partial charge in [0.15, 0.2) is 0 Å². The minimum absolute atomic E-state index is 0.0520. The SMILES string of the molecule is CN(C)S(=O)(=O)c1ccc2c(c1)CCN2C(=O)[C@H]1CC=CCC1. The van der Waals surface area contributed by atoms with E-state index in [9.17, 15) is 13.2 Å². The van der Waals surface area contributed by atoms with Gasteiger partial charge in [0.2, 0.25) is 15.9 Å². The summed E-state index contributed by atoms with van der Waals surface area (Å²) >= 11 is 0. The summed E-state index contributed by atoms with van der Waals surface area (Å²) in [5, 5.41) is 0. The van der Waals surface area contributed by atoms with Gasteiger partial charge in [-0.3, -0.25) is 4.79 Å².